The average molecular weight is 83.1 g/mol. The van der Waals surface area contributed by atoms with Gasteiger partial charge in [0.2, 0.25) is 0 Å². The Morgan fingerprint density at radius 1 is 2.00 bits per heavy atom. The van der Waals surface area contributed by atoms with Crippen LogP contribution in [0.2, 0.25) is 0 Å². The van der Waals surface area contributed by atoms with Crippen molar-refractivity contribution in [3.63, 3.8) is 0 Å². The van der Waals surface area contributed by atoms with E-state index >= 15 is 0 Å². The Balaban J connectivity index is 3.33. The number of aliphatic hydroxyl groups is 1. The van der Waals surface area contributed by atoms with Gasteiger partial charge >= 0.3 is 0 Å². The second-order valence-electron chi connectivity index (χ2n) is 0.873. The number of nitriles is 1. The summed E-state index contributed by atoms with van der Waals surface area (Å²) in [7, 11) is 0. The molecule has 0 rings (SSSR count). The third-order valence-corrected chi connectivity index (χ3v) is 0.349. The van der Waals surface area contributed by atoms with Gasteiger partial charge in [-0.05, 0) is 0 Å². The molecule has 0 heterocycles. The molecule has 0 aliphatic heterocycles. The maximum Gasteiger partial charge on any atom is 0.0965 e. The second kappa shape index (κ2) is 2.43. The van der Waals surface area contributed by atoms with Crippen molar-refractivity contribution in [3.8, 4) is 6.07 Å². The molecule has 2 heteroatoms. The molecule has 0 fully saturated rings. The van der Waals surface area contributed by atoms with Gasteiger partial charge in [0.1, 0.15) is 0 Å². The zero-order valence-electron chi connectivity index (χ0n) is 3.31. The van der Waals surface area contributed by atoms with Crippen molar-refractivity contribution in [1.82, 2.24) is 0 Å². The lowest BCUT2D eigenvalue weighted by molar-refractivity contribution is 0.336. The standard InChI is InChI=1S/C4H5NO/c1-4(2-5)3-6/h6H,1,3H2. The highest BCUT2D eigenvalue weighted by molar-refractivity contribution is 5.15. The van der Waals surface area contributed by atoms with Gasteiger partial charge in [-0.25, -0.2) is 0 Å². The van der Waals surface area contributed by atoms with Crippen molar-refractivity contribution < 1.29 is 5.11 Å². The number of nitrogens with zero attached hydrogens (tertiary/aromatic N) is 1. The average Bonchev–Trinajstić information content (AvgIpc) is 1.65. The molecule has 0 radical (unpaired) electrons. The lowest BCUT2D eigenvalue weighted by Gasteiger charge is -1.76. The Morgan fingerprint density at radius 2 is 2.50 bits per heavy atom. The summed E-state index contributed by atoms with van der Waals surface area (Å²) in [4.78, 5) is 0. The van der Waals surface area contributed by atoms with E-state index in [4.69, 9.17) is 10.4 Å². The monoisotopic (exact) mass is 83.0 g/mol. The van der Waals surface area contributed by atoms with Crippen molar-refractivity contribution in [1.29, 1.82) is 5.26 Å². The Hall–Kier alpha value is -0.810. The van der Waals surface area contributed by atoms with E-state index in [-0.39, 0.29) is 12.2 Å². The summed E-state index contributed by atoms with van der Waals surface area (Å²) in [5.74, 6) is 0. The Bertz CT molecular complexity index is 90.2. The van der Waals surface area contributed by atoms with E-state index < -0.39 is 0 Å². The number of aliphatic hydroxyl groups excluding tert-OH is 1. The highest BCUT2D eigenvalue weighted by Gasteiger charge is 1.78. The molecule has 1 N–H and O–H groups in total. The molecule has 0 aromatic heterocycles. The van der Waals surface area contributed by atoms with Gasteiger partial charge in [0.05, 0.1) is 12.7 Å². The molecular formula is C4H5NO. The molecule has 0 aromatic rings. The summed E-state index contributed by atoms with van der Waals surface area (Å²) >= 11 is 0. The predicted molar refractivity (Wildman–Crippen MR) is 21.8 cm³/mol. The molecule has 0 atom stereocenters. The topological polar surface area (TPSA) is 44.0 Å². The first kappa shape index (κ1) is 5.19. The first-order chi connectivity index (χ1) is 2.81. The summed E-state index contributed by atoms with van der Waals surface area (Å²) in [5.41, 5.74) is 0.204. The molecule has 32 valence electrons. The fourth-order valence-corrected chi connectivity index (χ4v) is 0.0354. The Morgan fingerprint density at radius 3 is 2.50 bits per heavy atom. The van der Waals surface area contributed by atoms with Gasteiger partial charge in [0, 0.05) is 5.57 Å². The van der Waals surface area contributed by atoms with Crippen molar-refractivity contribution in [2.45, 2.75) is 0 Å². The van der Waals surface area contributed by atoms with Crippen LogP contribution < -0.4 is 0 Å². The van der Waals surface area contributed by atoms with E-state index in [0.29, 0.717) is 0 Å². The minimum atomic E-state index is -0.226. The summed E-state index contributed by atoms with van der Waals surface area (Å²) in [5, 5.41) is 15.8. The van der Waals surface area contributed by atoms with Crippen LogP contribution in [-0.4, -0.2) is 11.7 Å². The van der Waals surface area contributed by atoms with Gasteiger partial charge in [-0.2, -0.15) is 5.26 Å². The van der Waals surface area contributed by atoms with Crippen LogP contribution in [0.1, 0.15) is 0 Å². The van der Waals surface area contributed by atoms with E-state index in [0.717, 1.165) is 0 Å². The molecule has 0 aliphatic rings. The van der Waals surface area contributed by atoms with Crippen LogP contribution in [0.15, 0.2) is 12.2 Å². The zero-order valence-corrected chi connectivity index (χ0v) is 3.31. The van der Waals surface area contributed by atoms with Gasteiger partial charge in [-0.3, -0.25) is 0 Å². The van der Waals surface area contributed by atoms with E-state index in [9.17, 15) is 0 Å². The van der Waals surface area contributed by atoms with Crippen molar-refractivity contribution in [2.24, 2.45) is 0 Å². The van der Waals surface area contributed by atoms with E-state index in [1.54, 1.807) is 6.07 Å². The number of rotatable bonds is 1. The zero-order chi connectivity index (χ0) is 4.99. The third-order valence-electron chi connectivity index (χ3n) is 0.349. The van der Waals surface area contributed by atoms with E-state index in [1.807, 2.05) is 0 Å². The summed E-state index contributed by atoms with van der Waals surface area (Å²) < 4.78 is 0. The van der Waals surface area contributed by atoms with Gasteiger partial charge < -0.3 is 5.11 Å². The van der Waals surface area contributed by atoms with Crippen LogP contribution in [0.5, 0.6) is 0 Å². The maximum absolute atomic E-state index is 8.01. The highest BCUT2D eigenvalue weighted by atomic mass is 16.3. The number of hydrogen-bond acceptors (Lipinski definition) is 2. The van der Waals surface area contributed by atoms with Crippen molar-refractivity contribution >= 4 is 0 Å². The molecule has 0 saturated heterocycles. The summed E-state index contributed by atoms with van der Waals surface area (Å²) in [6, 6.07) is 1.67. The highest BCUT2D eigenvalue weighted by Crippen LogP contribution is 1.77. The first-order valence-corrected chi connectivity index (χ1v) is 1.50. The Kier molecular flexibility index (Phi) is 2.10. The van der Waals surface area contributed by atoms with Crippen LogP contribution in [0.4, 0.5) is 0 Å². The van der Waals surface area contributed by atoms with Crippen molar-refractivity contribution in [2.75, 3.05) is 6.61 Å². The lowest BCUT2D eigenvalue weighted by atomic mass is 10.4. The van der Waals surface area contributed by atoms with Gasteiger partial charge in [-0.1, -0.05) is 6.58 Å². The number of hydrogen-bond donors (Lipinski definition) is 1. The summed E-state index contributed by atoms with van der Waals surface area (Å²) in [6.07, 6.45) is 0. The largest absolute Gasteiger partial charge is 0.391 e. The minimum absolute atomic E-state index is 0.204. The van der Waals surface area contributed by atoms with Crippen LogP contribution >= 0.6 is 0 Å². The van der Waals surface area contributed by atoms with Crippen molar-refractivity contribution in [3.05, 3.63) is 12.2 Å². The smallest absolute Gasteiger partial charge is 0.0965 e. The first-order valence-electron chi connectivity index (χ1n) is 1.50. The minimum Gasteiger partial charge on any atom is -0.391 e. The lowest BCUT2D eigenvalue weighted by Crippen LogP contribution is -1.80. The van der Waals surface area contributed by atoms with E-state index in [2.05, 4.69) is 6.58 Å². The molecule has 0 aliphatic carbocycles. The predicted octanol–water partition coefficient (Wildman–Crippen LogP) is 0.0585. The molecule has 0 aromatic carbocycles. The molecular weight excluding hydrogens is 78.0 g/mol. The third kappa shape index (κ3) is 1.50. The van der Waals surface area contributed by atoms with Gasteiger partial charge in [0.25, 0.3) is 0 Å². The molecule has 2 nitrogen and oxygen atoms in total. The van der Waals surface area contributed by atoms with Gasteiger partial charge in [-0.15, -0.1) is 0 Å². The van der Waals surface area contributed by atoms with Crippen LogP contribution in [0.3, 0.4) is 0 Å². The Labute approximate surface area is 36.3 Å². The molecule has 0 saturated carbocycles. The quantitative estimate of drug-likeness (QED) is 0.455. The van der Waals surface area contributed by atoms with Gasteiger partial charge in [0.15, 0.2) is 0 Å². The fraction of sp³-hybridized carbons (Fsp3) is 0.250. The molecule has 0 bridgehead atoms. The van der Waals surface area contributed by atoms with Crippen LogP contribution in [0, 0.1) is 11.3 Å². The van der Waals surface area contributed by atoms with Crippen LogP contribution in [-0.2, 0) is 0 Å². The van der Waals surface area contributed by atoms with Crippen LogP contribution in [0.25, 0.3) is 0 Å². The molecule has 0 spiro atoms. The second-order valence-corrected chi connectivity index (χ2v) is 0.873. The normalized spacial score (nSPS) is 6.67. The SMILES string of the molecule is C=C(C#N)CO. The van der Waals surface area contributed by atoms with E-state index in [1.165, 1.54) is 0 Å². The fourth-order valence-electron chi connectivity index (χ4n) is 0.0354. The molecule has 0 amide bonds. The molecule has 0 unspecified atom stereocenters. The summed E-state index contributed by atoms with van der Waals surface area (Å²) in [6.45, 7) is 2.95. The maximum atomic E-state index is 8.01. The molecule has 6 heavy (non-hydrogen) atoms.